The Morgan fingerprint density at radius 2 is 2.00 bits per heavy atom. The Labute approximate surface area is 207 Å². The Bertz CT molecular complexity index is 1140. The third-order valence-electron chi connectivity index (χ3n) is 7.06. The molecule has 1 saturated heterocycles. The van der Waals surface area contributed by atoms with Crippen LogP contribution in [0.25, 0.3) is 11.0 Å². The first kappa shape index (κ1) is 24.7. The molecule has 0 spiro atoms. The molecule has 1 aliphatic heterocycles. The van der Waals surface area contributed by atoms with Gasteiger partial charge in [-0.05, 0) is 80.7 Å². The van der Waals surface area contributed by atoms with Crippen molar-refractivity contribution < 1.29 is 4.79 Å². The van der Waals surface area contributed by atoms with Crippen LogP contribution in [0.1, 0.15) is 56.5 Å². The van der Waals surface area contributed by atoms with E-state index in [0.29, 0.717) is 28.6 Å². The number of rotatable bonds is 7. The molecule has 2 unspecified atom stereocenters. The number of hydrogen-bond acceptors (Lipinski definition) is 4. The molecule has 2 N–H and O–H groups in total. The first-order valence-electron chi connectivity index (χ1n) is 12.1. The molecule has 1 amide bonds. The average molecular weight is 482 g/mol. The fraction of sp³-hybridized carbons (Fsp3) is 0.481. The summed E-state index contributed by atoms with van der Waals surface area (Å²) >= 11 is 5.99. The normalized spacial score (nSPS) is 17.4. The van der Waals surface area contributed by atoms with Crippen LogP contribution in [-0.4, -0.2) is 46.0 Å². The number of hydrogen-bond donors (Lipinski definition) is 2. The standard InChI is InChI=1S/C27H36ClN5O/c1-18(27(2,3)4)32(5)16-19-8-13-24-23(15-19)30-26(33(24)17-22-7-6-14-29-22)31-25(34)20-9-11-21(28)12-10-20/h8-13,15,18,22,29H,6-7,14,16-17H2,1-5H3,(H,30,31,34). The van der Waals surface area contributed by atoms with Gasteiger partial charge in [0.2, 0.25) is 5.95 Å². The lowest BCUT2D eigenvalue weighted by Crippen LogP contribution is -2.38. The molecule has 3 aromatic rings. The average Bonchev–Trinajstić information content (AvgIpc) is 3.41. The second kappa shape index (κ2) is 10.1. The van der Waals surface area contributed by atoms with Crippen LogP contribution in [0.4, 0.5) is 5.95 Å². The summed E-state index contributed by atoms with van der Waals surface area (Å²) < 4.78 is 2.14. The number of aromatic nitrogens is 2. The summed E-state index contributed by atoms with van der Waals surface area (Å²) in [4.78, 5) is 20.2. The van der Waals surface area contributed by atoms with Crippen molar-refractivity contribution in [3.05, 3.63) is 58.6 Å². The maximum absolute atomic E-state index is 12.9. The number of carbonyl (C=O) groups is 1. The van der Waals surface area contributed by atoms with Crippen molar-refractivity contribution in [3.8, 4) is 0 Å². The third-order valence-corrected chi connectivity index (χ3v) is 7.31. The maximum Gasteiger partial charge on any atom is 0.257 e. The van der Waals surface area contributed by atoms with E-state index in [-0.39, 0.29) is 11.3 Å². The molecule has 6 nitrogen and oxygen atoms in total. The molecular formula is C27H36ClN5O. The number of benzene rings is 2. The van der Waals surface area contributed by atoms with E-state index < -0.39 is 0 Å². The van der Waals surface area contributed by atoms with Gasteiger partial charge in [-0.2, -0.15) is 0 Å². The van der Waals surface area contributed by atoms with Gasteiger partial charge >= 0.3 is 0 Å². The predicted molar refractivity (Wildman–Crippen MR) is 141 cm³/mol. The smallest absolute Gasteiger partial charge is 0.257 e. The van der Waals surface area contributed by atoms with Gasteiger partial charge in [0.05, 0.1) is 11.0 Å². The minimum Gasteiger partial charge on any atom is -0.312 e. The zero-order valence-electron chi connectivity index (χ0n) is 20.9. The van der Waals surface area contributed by atoms with Crippen molar-refractivity contribution in [2.24, 2.45) is 5.41 Å². The number of nitrogens with one attached hydrogen (secondary N) is 2. The van der Waals surface area contributed by atoms with Crippen molar-refractivity contribution >= 4 is 34.5 Å². The van der Waals surface area contributed by atoms with Gasteiger partial charge in [-0.3, -0.25) is 15.0 Å². The lowest BCUT2D eigenvalue weighted by Gasteiger charge is -2.35. The Kier molecular flexibility index (Phi) is 7.31. The molecule has 0 aliphatic carbocycles. The fourth-order valence-corrected chi connectivity index (χ4v) is 4.67. The van der Waals surface area contributed by atoms with Crippen LogP contribution >= 0.6 is 11.6 Å². The van der Waals surface area contributed by atoms with E-state index in [1.165, 1.54) is 12.0 Å². The van der Waals surface area contributed by atoms with Crippen LogP contribution in [-0.2, 0) is 13.1 Å². The highest BCUT2D eigenvalue weighted by Gasteiger charge is 2.24. The predicted octanol–water partition coefficient (Wildman–Crippen LogP) is 5.56. The first-order chi connectivity index (χ1) is 16.1. The summed E-state index contributed by atoms with van der Waals surface area (Å²) in [6.07, 6.45) is 2.30. The molecular weight excluding hydrogens is 446 g/mol. The Morgan fingerprint density at radius 3 is 2.65 bits per heavy atom. The highest BCUT2D eigenvalue weighted by atomic mass is 35.5. The highest BCUT2D eigenvalue weighted by Crippen LogP contribution is 2.27. The number of nitrogens with zero attached hydrogens (tertiary/aromatic N) is 3. The van der Waals surface area contributed by atoms with Gasteiger partial charge < -0.3 is 9.88 Å². The fourth-order valence-electron chi connectivity index (χ4n) is 4.55. The van der Waals surface area contributed by atoms with E-state index in [0.717, 1.165) is 37.1 Å². The molecule has 0 saturated carbocycles. The zero-order valence-corrected chi connectivity index (χ0v) is 21.6. The molecule has 182 valence electrons. The summed E-state index contributed by atoms with van der Waals surface area (Å²) in [7, 11) is 2.17. The summed E-state index contributed by atoms with van der Waals surface area (Å²) in [5, 5.41) is 7.20. The number of imidazole rings is 1. The van der Waals surface area contributed by atoms with Crippen molar-refractivity contribution in [3.63, 3.8) is 0 Å². The van der Waals surface area contributed by atoms with Gasteiger partial charge in [-0.1, -0.05) is 38.4 Å². The van der Waals surface area contributed by atoms with E-state index in [4.69, 9.17) is 16.6 Å². The molecule has 1 fully saturated rings. The second-order valence-corrected chi connectivity index (χ2v) is 11.0. The Hall–Kier alpha value is -2.41. The van der Waals surface area contributed by atoms with Crippen LogP contribution in [0.5, 0.6) is 0 Å². The molecule has 2 heterocycles. The monoisotopic (exact) mass is 481 g/mol. The Balaban J connectivity index is 1.63. The van der Waals surface area contributed by atoms with Gasteiger partial charge in [-0.25, -0.2) is 4.98 Å². The first-order valence-corrected chi connectivity index (χ1v) is 12.5. The van der Waals surface area contributed by atoms with Crippen molar-refractivity contribution in [1.29, 1.82) is 0 Å². The van der Waals surface area contributed by atoms with E-state index in [1.54, 1.807) is 24.3 Å². The quantitative estimate of drug-likeness (QED) is 0.463. The van der Waals surface area contributed by atoms with Crippen LogP contribution < -0.4 is 10.6 Å². The zero-order chi connectivity index (χ0) is 24.5. The second-order valence-electron chi connectivity index (χ2n) is 10.6. The third kappa shape index (κ3) is 5.62. The molecule has 2 atom stereocenters. The van der Waals surface area contributed by atoms with Gasteiger partial charge in [-0.15, -0.1) is 0 Å². The lowest BCUT2D eigenvalue weighted by molar-refractivity contribution is 0.102. The molecule has 4 rings (SSSR count). The van der Waals surface area contributed by atoms with Crippen molar-refractivity contribution in [1.82, 2.24) is 19.8 Å². The van der Waals surface area contributed by atoms with Crippen molar-refractivity contribution in [2.75, 3.05) is 18.9 Å². The summed E-state index contributed by atoms with van der Waals surface area (Å²) in [5.74, 6) is 0.392. The number of amides is 1. The van der Waals surface area contributed by atoms with Crippen LogP contribution in [0.2, 0.25) is 5.02 Å². The van der Waals surface area contributed by atoms with E-state index in [1.807, 2.05) is 0 Å². The highest BCUT2D eigenvalue weighted by molar-refractivity contribution is 6.30. The van der Waals surface area contributed by atoms with Gasteiger partial charge in [0.15, 0.2) is 0 Å². The molecule has 1 aromatic heterocycles. The summed E-state index contributed by atoms with van der Waals surface area (Å²) in [6.45, 7) is 11.7. The number of anilines is 1. The number of halogens is 1. The minimum absolute atomic E-state index is 0.188. The van der Waals surface area contributed by atoms with Gasteiger partial charge in [0.1, 0.15) is 0 Å². The summed E-state index contributed by atoms with van der Waals surface area (Å²) in [5.41, 5.74) is 3.91. The molecule has 2 aromatic carbocycles. The summed E-state index contributed by atoms with van der Waals surface area (Å²) in [6, 6.07) is 14.2. The number of fused-ring (bicyclic) bond motifs is 1. The largest absolute Gasteiger partial charge is 0.312 e. The van der Waals surface area contributed by atoms with Crippen molar-refractivity contribution in [2.45, 2.75) is 65.7 Å². The molecule has 7 heteroatoms. The SMILES string of the molecule is CC(N(C)Cc1ccc2c(c1)nc(NC(=O)c1ccc(Cl)cc1)n2CC1CCCN1)C(C)(C)C. The van der Waals surface area contributed by atoms with Gasteiger partial charge in [0, 0.05) is 35.8 Å². The molecule has 0 radical (unpaired) electrons. The molecule has 1 aliphatic rings. The minimum atomic E-state index is -0.188. The lowest BCUT2D eigenvalue weighted by atomic mass is 9.87. The van der Waals surface area contributed by atoms with E-state index >= 15 is 0 Å². The molecule has 34 heavy (non-hydrogen) atoms. The Morgan fingerprint density at radius 1 is 1.26 bits per heavy atom. The van der Waals surface area contributed by atoms with E-state index in [2.05, 4.69) is 73.0 Å². The number of carbonyl (C=O) groups excluding carboxylic acids is 1. The van der Waals surface area contributed by atoms with E-state index in [9.17, 15) is 4.79 Å². The maximum atomic E-state index is 12.9. The van der Waals surface area contributed by atoms with Crippen LogP contribution in [0.15, 0.2) is 42.5 Å². The van der Waals surface area contributed by atoms with Crippen LogP contribution in [0, 0.1) is 5.41 Å². The van der Waals surface area contributed by atoms with Gasteiger partial charge in [0.25, 0.3) is 5.91 Å². The van der Waals surface area contributed by atoms with Crippen LogP contribution in [0.3, 0.4) is 0 Å². The molecule has 0 bridgehead atoms. The topological polar surface area (TPSA) is 62.2 Å².